The molecule has 2 saturated heterocycles. The Morgan fingerprint density at radius 1 is 1.15 bits per heavy atom. The summed E-state index contributed by atoms with van der Waals surface area (Å²) in [6.07, 6.45) is -0.377. The number of nitro groups is 1. The second kappa shape index (κ2) is 7.64. The molecule has 0 spiro atoms. The van der Waals surface area contributed by atoms with Crippen LogP contribution in [0.25, 0.3) is 0 Å². The molecule has 0 atom stereocenters. The highest BCUT2D eigenvalue weighted by Crippen LogP contribution is 2.24. The Labute approximate surface area is 154 Å². The van der Waals surface area contributed by atoms with Crippen molar-refractivity contribution in [2.75, 3.05) is 45.9 Å². The molecule has 0 radical (unpaired) electrons. The van der Waals surface area contributed by atoms with Crippen LogP contribution in [0.3, 0.4) is 0 Å². The van der Waals surface area contributed by atoms with Crippen LogP contribution in [0.5, 0.6) is 0 Å². The first-order valence-electron chi connectivity index (χ1n) is 8.64. The highest BCUT2D eigenvalue weighted by Gasteiger charge is 2.40. The normalized spacial score (nSPS) is 17.4. The molecule has 0 bridgehead atoms. The van der Waals surface area contributed by atoms with Crippen LogP contribution >= 0.6 is 0 Å². The summed E-state index contributed by atoms with van der Waals surface area (Å²) in [7, 11) is 0. The second-order valence-electron chi connectivity index (χ2n) is 6.31. The zero-order valence-corrected chi connectivity index (χ0v) is 14.8. The van der Waals surface area contributed by atoms with E-state index in [2.05, 4.69) is 0 Å². The Bertz CT molecular complexity index is 748. The number of carbonyl (C=O) groups is 3. The number of amides is 3. The van der Waals surface area contributed by atoms with Gasteiger partial charge in [-0.25, -0.2) is 4.79 Å². The molecule has 0 N–H and O–H groups in total. The molecule has 2 fully saturated rings. The summed E-state index contributed by atoms with van der Waals surface area (Å²) in [6, 6.07) is 2.38. The lowest BCUT2D eigenvalue weighted by atomic mass is 9.97. The molecule has 0 unspecified atom stereocenters. The zero-order chi connectivity index (χ0) is 19.6. The summed E-state index contributed by atoms with van der Waals surface area (Å²) in [6.45, 7) is 4.20. The first-order chi connectivity index (χ1) is 12.9. The molecule has 27 heavy (non-hydrogen) atoms. The van der Waals surface area contributed by atoms with Gasteiger partial charge in [-0.15, -0.1) is 0 Å². The average Bonchev–Trinajstić information content (AvgIpc) is 3.11. The quantitative estimate of drug-likeness (QED) is 0.552. The molecule has 1 aromatic heterocycles. The van der Waals surface area contributed by atoms with Crippen molar-refractivity contribution < 1.29 is 28.5 Å². The van der Waals surface area contributed by atoms with Gasteiger partial charge in [0.25, 0.3) is 5.91 Å². The van der Waals surface area contributed by atoms with Crippen LogP contribution in [0.2, 0.25) is 0 Å². The van der Waals surface area contributed by atoms with Gasteiger partial charge in [-0.2, -0.15) is 0 Å². The Morgan fingerprint density at radius 2 is 1.78 bits per heavy atom. The van der Waals surface area contributed by atoms with E-state index < -0.39 is 16.7 Å². The Hall–Kier alpha value is -3.11. The van der Waals surface area contributed by atoms with E-state index in [1.807, 2.05) is 0 Å². The van der Waals surface area contributed by atoms with Gasteiger partial charge in [0.15, 0.2) is 5.76 Å². The minimum absolute atomic E-state index is 0.0621. The zero-order valence-electron chi connectivity index (χ0n) is 14.8. The number of hydrogen-bond donors (Lipinski definition) is 0. The third-order valence-electron chi connectivity index (χ3n) is 4.62. The van der Waals surface area contributed by atoms with Gasteiger partial charge in [0, 0.05) is 39.3 Å². The van der Waals surface area contributed by atoms with E-state index in [1.54, 1.807) is 16.7 Å². The van der Waals surface area contributed by atoms with Gasteiger partial charge in [-0.1, -0.05) is 0 Å². The standard InChI is InChI=1S/C16H20N4O7/c1-2-26-16(23)18-7-5-17(6-8-18)14(21)11-9-19(10-11)15(22)12-3-4-13(27-12)20(24)25/h3-4,11H,2,5-10H2,1H3. The van der Waals surface area contributed by atoms with Gasteiger partial charge in [0.05, 0.1) is 18.6 Å². The fourth-order valence-corrected chi connectivity index (χ4v) is 3.08. The molecule has 0 saturated carbocycles. The fourth-order valence-electron chi connectivity index (χ4n) is 3.08. The fraction of sp³-hybridized carbons (Fsp3) is 0.562. The molecular weight excluding hydrogens is 360 g/mol. The highest BCUT2D eigenvalue weighted by atomic mass is 16.6. The summed E-state index contributed by atoms with van der Waals surface area (Å²) in [5, 5.41) is 10.6. The number of carbonyl (C=O) groups excluding carboxylic acids is 3. The summed E-state index contributed by atoms with van der Waals surface area (Å²) in [5.74, 6) is -1.46. The topological polar surface area (TPSA) is 126 Å². The van der Waals surface area contributed by atoms with Crippen LogP contribution in [-0.2, 0) is 9.53 Å². The lowest BCUT2D eigenvalue weighted by molar-refractivity contribution is -0.402. The Kier molecular flexibility index (Phi) is 5.28. The maximum absolute atomic E-state index is 12.5. The predicted molar refractivity (Wildman–Crippen MR) is 89.9 cm³/mol. The largest absolute Gasteiger partial charge is 0.450 e. The highest BCUT2D eigenvalue weighted by molar-refractivity contribution is 5.94. The first kappa shape index (κ1) is 18.7. The van der Waals surface area contributed by atoms with E-state index in [0.717, 1.165) is 6.07 Å². The number of furan rings is 1. The molecule has 1 aromatic rings. The molecule has 2 aliphatic heterocycles. The van der Waals surface area contributed by atoms with Gasteiger partial charge in [-0.3, -0.25) is 19.7 Å². The van der Waals surface area contributed by atoms with E-state index >= 15 is 0 Å². The molecule has 0 aliphatic carbocycles. The van der Waals surface area contributed by atoms with Crippen molar-refractivity contribution in [3.8, 4) is 0 Å². The number of piperazine rings is 1. The second-order valence-corrected chi connectivity index (χ2v) is 6.31. The van der Waals surface area contributed by atoms with Crippen molar-refractivity contribution in [2.45, 2.75) is 6.92 Å². The van der Waals surface area contributed by atoms with Crippen LogP contribution in [0.4, 0.5) is 10.7 Å². The molecule has 2 aliphatic rings. The number of ether oxygens (including phenoxy) is 1. The van der Waals surface area contributed by atoms with Crippen molar-refractivity contribution >= 4 is 23.8 Å². The summed E-state index contributed by atoms with van der Waals surface area (Å²) >= 11 is 0. The minimum Gasteiger partial charge on any atom is -0.450 e. The molecule has 3 rings (SSSR count). The van der Waals surface area contributed by atoms with Crippen molar-refractivity contribution in [2.24, 2.45) is 5.92 Å². The van der Waals surface area contributed by atoms with Gasteiger partial charge >= 0.3 is 12.0 Å². The molecule has 3 amide bonds. The number of rotatable bonds is 4. The van der Waals surface area contributed by atoms with Crippen LogP contribution in [0.15, 0.2) is 16.5 Å². The maximum Gasteiger partial charge on any atom is 0.433 e. The van der Waals surface area contributed by atoms with E-state index in [4.69, 9.17) is 9.15 Å². The van der Waals surface area contributed by atoms with Crippen LogP contribution in [-0.4, -0.2) is 83.4 Å². The molecule has 0 aromatic carbocycles. The van der Waals surface area contributed by atoms with Gasteiger partial charge in [0.1, 0.15) is 4.92 Å². The van der Waals surface area contributed by atoms with Crippen molar-refractivity contribution in [1.29, 1.82) is 0 Å². The minimum atomic E-state index is -0.713. The number of likely N-dealkylation sites (tertiary alicyclic amines) is 1. The number of hydrogen-bond acceptors (Lipinski definition) is 7. The SMILES string of the molecule is CCOC(=O)N1CCN(C(=O)C2CN(C(=O)c3ccc([N+](=O)[O-])o3)C2)CC1. The van der Waals surface area contributed by atoms with Crippen LogP contribution in [0, 0.1) is 16.0 Å². The van der Waals surface area contributed by atoms with E-state index in [0.29, 0.717) is 32.8 Å². The van der Waals surface area contributed by atoms with Crippen molar-refractivity contribution in [3.63, 3.8) is 0 Å². The Balaban J connectivity index is 1.46. The van der Waals surface area contributed by atoms with Gasteiger partial charge < -0.3 is 23.9 Å². The number of nitrogens with zero attached hydrogens (tertiary/aromatic N) is 4. The van der Waals surface area contributed by atoms with Crippen LogP contribution in [0.1, 0.15) is 17.5 Å². The van der Waals surface area contributed by atoms with Crippen molar-refractivity contribution in [1.82, 2.24) is 14.7 Å². The molecule has 3 heterocycles. The lowest BCUT2D eigenvalue weighted by Gasteiger charge is -2.42. The summed E-state index contributed by atoms with van der Waals surface area (Å²) < 4.78 is 9.84. The lowest BCUT2D eigenvalue weighted by Crippen LogP contribution is -2.59. The van der Waals surface area contributed by atoms with E-state index in [1.165, 1.54) is 11.0 Å². The third-order valence-corrected chi connectivity index (χ3v) is 4.62. The van der Waals surface area contributed by atoms with E-state index in [-0.39, 0.29) is 36.8 Å². The van der Waals surface area contributed by atoms with Crippen LogP contribution < -0.4 is 0 Å². The van der Waals surface area contributed by atoms with Crippen molar-refractivity contribution in [3.05, 3.63) is 28.0 Å². The average molecular weight is 380 g/mol. The molecule has 11 heteroatoms. The summed E-state index contributed by atoms with van der Waals surface area (Å²) in [5.41, 5.74) is 0. The molecule has 146 valence electrons. The maximum atomic E-state index is 12.5. The smallest absolute Gasteiger partial charge is 0.433 e. The monoisotopic (exact) mass is 380 g/mol. The molecule has 11 nitrogen and oxygen atoms in total. The Morgan fingerprint density at radius 3 is 2.33 bits per heavy atom. The van der Waals surface area contributed by atoms with Gasteiger partial charge in [0.2, 0.25) is 5.91 Å². The van der Waals surface area contributed by atoms with E-state index in [9.17, 15) is 24.5 Å². The first-order valence-corrected chi connectivity index (χ1v) is 8.64. The summed E-state index contributed by atoms with van der Waals surface area (Å²) in [4.78, 5) is 51.0. The molecular formula is C16H20N4O7. The third kappa shape index (κ3) is 3.86. The van der Waals surface area contributed by atoms with Gasteiger partial charge in [-0.05, 0) is 13.0 Å². The predicted octanol–water partition coefficient (Wildman–Crippen LogP) is 0.560.